The van der Waals surface area contributed by atoms with Crippen LogP contribution in [0.1, 0.15) is 40.5 Å². The van der Waals surface area contributed by atoms with Gasteiger partial charge in [0.2, 0.25) is 0 Å². The summed E-state index contributed by atoms with van der Waals surface area (Å²) in [5, 5.41) is 2.22. The van der Waals surface area contributed by atoms with Crippen LogP contribution in [0.4, 0.5) is 4.79 Å². The summed E-state index contributed by atoms with van der Waals surface area (Å²) in [6.45, 7) is 8.06. The van der Waals surface area contributed by atoms with Gasteiger partial charge in [-0.1, -0.05) is 27.7 Å². The van der Waals surface area contributed by atoms with Crippen LogP contribution in [0, 0.1) is 11.8 Å². The summed E-state index contributed by atoms with van der Waals surface area (Å²) in [6, 6.07) is 0. The van der Waals surface area contributed by atoms with E-state index in [4.69, 9.17) is 4.74 Å². The molecular formula is C11H19NNaO3+. The van der Waals surface area contributed by atoms with E-state index in [9.17, 15) is 9.59 Å². The molecule has 0 aromatic heterocycles. The van der Waals surface area contributed by atoms with E-state index < -0.39 is 11.7 Å². The summed E-state index contributed by atoms with van der Waals surface area (Å²) in [4.78, 5) is 22.8. The van der Waals surface area contributed by atoms with Crippen LogP contribution in [0.2, 0.25) is 0 Å². The second kappa shape index (κ2) is 6.03. The van der Waals surface area contributed by atoms with E-state index >= 15 is 0 Å². The first-order chi connectivity index (χ1) is 6.85. The molecule has 86 valence electrons. The minimum atomic E-state index is -0.931. The molecule has 1 aliphatic rings. The number of carbonyl (C=O) groups is 2. The Hall–Kier alpha value is -0.0600. The van der Waals surface area contributed by atoms with Crippen LogP contribution in [-0.4, -0.2) is 17.6 Å². The van der Waals surface area contributed by atoms with Gasteiger partial charge in [0, 0.05) is 0 Å². The summed E-state index contributed by atoms with van der Waals surface area (Å²) in [7, 11) is 0. The van der Waals surface area contributed by atoms with Gasteiger partial charge in [0.15, 0.2) is 5.60 Å². The smallest absolute Gasteiger partial charge is 0.432 e. The molecule has 0 spiro atoms. The SMILES string of the molecule is CC(C)CC1(CC(C)C)OC(=O)NC1=O.[Na+]. The van der Waals surface area contributed by atoms with Crippen LogP contribution in [0.3, 0.4) is 0 Å². The van der Waals surface area contributed by atoms with Crippen molar-refractivity contribution in [2.24, 2.45) is 11.8 Å². The second-order valence-electron chi connectivity index (χ2n) is 5.03. The minimum Gasteiger partial charge on any atom is -0.432 e. The van der Waals surface area contributed by atoms with Gasteiger partial charge in [-0.3, -0.25) is 10.1 Å². The Morgan fingerprint density at radius 2 is 1.56 bits per heavy atom. The van der Waals surface area contributed by atoms with Gasteiger partial charge in [-0.25, -0.2) is 4.79 Å². The number of imide groups is 1. The molecular weight excluding hydrogens is 217 g/mol. The predicted molar refractivity (Wildman–Crippen MR) is 56.3 cm³/mol. The van der Waals surface area contributed by atoms with Gasteiger partial charge in [-0.2, -0.15) is 0 Å². The standard InChI is InChI=1S/C11H19NO3.Na/c1-7(2)5-11(6-8(3)4)9(13)12-10(14)15-11;/h7-8H,5-6H2,1-4H3,(H,12,13,14);/q;+1. The van der Waals surface area contributed by atoms with Crippen molar-refractivity contribution < 1.29 is 43.9 Å². The topological polar surface area (TPSA) is 55.4 Å². The molecule has 5 heteroatoms. The predicted octanol–water partition coefficient (Wildman–Crippen LogP) is -0.912. The van der Waals surface area contributed by atoms with Crippen molar-refractivity contribution in [1.82, 2.24) is 5.32 Å². The summed E-state index contributed by atoms with van der Waals surface area (Å²) < 4.78 is 5.18. The molecule has 1 saturated heterocycles. The van der Waals surface area contributed by atoms with Crippen molar-refractivity contribution >= 4 is 12.0 Å². The van der Waals surface area contributed by atoms with Crippen molar-refractivity contribution in [1.29, 1.82) is 0 Å². The number of amides is 2. The van der Waals surface area contributed by atoms with Crippen LogP contribution < -0.4 is 34.9 Å². The molecule has 2 amide bonds. The summed E-state index contributed by atoms with van der Waals surface area (Å²) in [5.74, 6) is 0.357. The molecule has 0 bridgehead atoms. The average molecular weight is 236 g/mol. The van der Waals surface area contributed by atoms with E-state index in [1.165, 1.54) is 0 Å². The van der Waals surface area contributed by atoms with E-state index in [1.54, 1.807) is 0 Å². The normalized spacial score (nSPS) is 18.4. The Balaban J connectivity index is 0.00000225. The third-order valence-corrected chi connectivity index (χ3v) is 2.39. The molecule has 1 heterocycles. The molecule has 16 heavy (non-hydrogen) atoms. The zero-order valence-electron chi connectivity index (χ0n) is 10.8. The summed E-state index contributed by atoms with van der Waals surface area (Å²) in [5.41, 5.74) is -0.931. The number of cyclic esters (lactones) is 1. The number of carbonyl (C=O) groups excluding carboxylic acids is 2. The summed E-state index contributed by atoms with van der Waals surface area (Å²) >= 11 is 0. The van der Waals surface area contributed by atoms with E-state index in [2.05, 4.69) is 5.32 Å². The van der Waals surface area contributed by atoms with Gasteiger partial charge in [0.05, 0.1) is 0 Å². The maximum atomic E-state index is 11.7. The van der Waals surface area contributed by atoms with Gasteiger partial charge >= 0.3 is 35.7 Å². The third kappa shape index (κ3) is 3.75. The van der Waals surface area contributed by atoms with Crippen molar-refractivity contribution in [2.75, 3.05) is 0 Å². The molecule has 1 rings (SSSR count). The summed E-state index contributed by atoms with van der Waals surface area (Å²) in [6.07, 6.45) is 0.562. The fourth-order valence-electron chi connectivity index (χ4n) is 2.13. The number of nitrogens with one attached hydrogen (secondary N) is 1. The zero-order valence-corrected chi connectivity index (χ0v) is 12.8. The molecule has 0 aliphatic carbocycles. The molecule has 0 aromatic carbocycles. The van der Waals surface area contributed by atoms with Crippen molar-refractivity contribution in [3.63, 3.8) is 0 Å². The molecule has 1 N–H and O–H groups in total. The Morgan fingerprint density at radius 3 is 1.81 bits per heavy atom. The van der Waals surface area contributed by atoms with Gasteiger partial charge < -0.3 is 4.74 Å². The zero-order chi connectivity index (χ0) is 11.6. The first-order valence-corrected chi connectivity index (χ1v) is 5.40. The molecule has 1 fully saturated rings. The van der Waals surface area contributed by atoms with Crippen molar-refractivity contribution in [3.05, 3.63) is 0 Å². The Labute approximate surface area is 119 Å². The number of ether oxygens (including phenoxy) is 1. The third-order valence-electron chi connectivity index (χ3n) is 2.39. The molecule has 0 unspecified atom stereocenters. The number of hydrogen-bond donors (Lipinski definition) is 1. The number of rotatable bonds is 4. The van der Waals surface area contributed by atoms with Gasteiger partial charge in [0.25, 0.3) is 5.91 Å². The number of hydrogen-bond acceptors (Lipinski definition) is 3. The van der Waals surface area contributed by atoms with Crippen LogP contribution in [0.25, 0.3) is 0 Å². The molecule has 1 aliphatic heterocycles. The average Bonchev–Trinajstić information content (AvgIpc) is 2.22. The molecule has 0 radical (unpaired) electrons. The Morgan fingerprint density at radius 1 is 1.12 bits per heavy atom. The van der Waals surface area contributed by atoms with E-state index in [-0.39, 0.29) is 35.5 Å². The maximum Gasteiger partial charge on any atom is 1.00 e. The molecule has 0 saturated carbocycles. The maximum absolute atomic E-state index is 11.7. The van der Waals surface area contributed by atoms with Gasteiger partial charge in [-0.15, -0.1) is 0 Å². The van der Waals surface area contributed by atoms with Crippen LogP contribution in [0.5, 0.6) is 0 Å². The second-order valence-corrected chi connectivity index (χ2v) is 5.03. The van der Waals surface area contributed by atoms with Crippen molar-refractivity contribution in [2.45, 2.75) is 46.1 Å². The quantitative estimate of drug-likeness (QED) is 0.643. The van der Waals surface area contributed by atoms with Gasteiger partial charge in [-0.05, 0) is 24.7 Å². The van der Waals surface area contributed by atoms with E-state index in [1.807, 2.05) is 27.7 Å². The Kier molecular flexibility index (Phi) is 6.01. The molecule has 0 atom stereocenters. The van der Waals surface area contributed by atoms with Gasteiger partial charge in [0.1, 0.15) is 0 Å². The molecule has 0 aromatic rings. The largest absolute Gasteiger partial charge is 1.00 e. The first kappa shape index (κ1) is 15.9. The minimum absolute atomic E-state index is 0. The fourth-order valence-corrected chi connectivity index (χ4v) is 2.13. The first-order valence-electron chi connectivity index (χ1n) is 5.40. The number of alkyl carbamates (subject to hydrolysis) is 1. The van der Waals surface area contributed by atoms with E-state index in [0.29, 0.717) is 24.7 Å². The molecule has 4 nitrogen and oxygen atoms in total. The van der Waals surface area contributed by atoms with Crippen LogP contribution in [-0.2, 0) is 9.53 Å². The van der Waals surface area contributed by atoms with Crippen molar-refractivity contribution in [3.8, 4) is 0 Å². The van der Waals surface area contributed by atoms with Crippen LogP contribution >= 0.6 is 0 Å². The fraction of sp³-hybridized carbons (Fsp3) is 0.818. The van der Waals surface area contributed by atoms with Crippen LogP contribution in [0.15, 0.2) is 0 Å². The van der Waals surface area contributed by atoms with E-state index in [0.717, 1.165) is 0 Å². The monoisotopic (exact) mass is 236 g/mol. The Bertz CT molecular complexity index is 266.